The number of rotatable bonds is 6. The van der Waals surface area contributed by atoms with Crippen LogP contribution in [-0.4, -0.2) is 74.4 Å². The summed E-state index contributed by atoms with van der Waals surface area (Å²) in [7, 11) is -2.86. The maximum atomic E-state index is 12.7. The van der Waals surface area contributed by atoms with E-state index in [0.717, 1.165) is 48.1 Å². The highest BCUT2D eigenvalue weighted by molar-refractivity contribution is 7.99. The van der Waals surface area contributed by atoms with Gasteiger partial charge in [-0.2, -0.15) is 0 Å². The molecule has 0 aromatic heterocycles. The van der Waals surface area contributed by atoms with Gasteiger partial charge in [-0.05, 0) is 30.7 Å². The van der Waals surface area contributed by atoms with E-state index in [-0.39, 0.29) is 17.7 Å². The van der Waals surface area contributed by atoms with Crippen molar-refractivity contribution < 1.29 is 13.2 Å². The predicted molar refractivity (Wildman–Crippen MR) is 121 cm³/mol. The number of hydrogen-bond acceptors (Lipinski definition) is 6. The lowest BCUT2D eigenvalue weighted by Gasteiger charge is -2.37. The molecule has 2 fully saturated rings. The lowest BCUT2D eigenvalue weighted by Crippen LogP contribution is -2.52. The largest absolute Gasteiger partial charge is 0.324 e. The second-order valence-electron chi connectivity index (χ2n) is 7.83. The molecule has 160 valence electrons. The first-order valence-electron chi connectivity index (χ1n) is 10.3. The predicted octanol–water partition coefficient (Wildman–Crippen LogP) is 2.58. The van der Waals surface area contributed by atoms with Gasteiger partial charge >= 0.3 is 0 Å². The lowest BCUT2D eigenvalue weighted by molar-refractivity contribution is -0.117. The molecule has 2 heterocycles. The fourth-order valence-corrected chi connectivity index (χ4v) is 6.70. The van der Waals surface area contributed by atoms with Crippen LogP contribution in [0, 0.1) is 0 Å². The van der Waals surface area contributed by atoms with Gasteiger partial charge in [0.1, 0.15) is 0 Å². The Balaban J connectivity index is 1.29. The molecular formula is C22H27N3O3S2. The summed E-state index contributed by atoms with van der Waals surface area (Å²) in [6.45, 7) is 3.54. The van der Waals surface area contributed by atoms with E-state index in [0.29, 0.717) is 12.3 Å². The van der Waals surface area contributed by atoms with Crippen LogP contribution in [0.15, 0.2) is 64.4 Å². The Morgan fingerprint density at radius 1 is 1.00 bits per heavy atom. The van der Waals surface area contributed by atoms with Crippen LogP contribution in [-0.2, 0) is 14.6 Å². The van der Waals surface area contributed by atoms with E-state index in [9.17, 15) is 13.2 Å². The molecule has 0 unspecified atom stereocenters. The van der Waals surface area contributed by atoms with Crippen LogP contribution in [0.3, 0.4) is 0 Å². The fourth-order valence-electron chi connectivity index (χ4n) is 4.02. The summed E-state index contributed by atoms with van der Waals surface area (Å²) in [5, 5.41) is 3.06. The molecular weight excluding hydrogens is 418 g/mol. The fraction of sp³-hybridized carbons (Fsp3) is 0.409. The lowest BCUT2D eigenvalue weighted by atomic mass is 10.2. The molecule has 0 radical (unpaired) electrons. The van der Waals surface area contributed by atoms with Crippen LogP contribution < -0.4 is 5.32 Å². The molecule has 0 aliphatic carbocycles. The van der Waals surface area contributed by atoms with Crippen molar-refractivity contribution in [3.05, 3.63) is 54.6 Å². The number of nitrogens with one attached hydrogen (secondary N) is 1. The van der Waals surface area contributed by atoms with Crippen LogP contribution >= 0.6 is 11.8 Å². The Morgan fingerprint density at radius 3 is 2.40 bits per heavy atom. The highest BCUT2D eigenvalue weighted by Gasteiger charge is 2.33. The average Bonchev–Trinajstić information content (AvgIpc) is 3.10. The van der Waals surface area contributed by atoms with Crippen LogP contribution in [0.5, 0.6) is 0 Å². The first-order chi connectivity index (χ1) is 14.5. The molecule has 30 heavy (non-hydrogen) atoms. The number of amides is 1. The van der Waals surface area contributed by atoms with E-state index in [4.69, 9.17) is 0 Å². The third kappa shape index (κ3) is 5.63. The molecule has 2 aromatic carbocycles. The number of benzene rings is 2. The van der Waals surface area contributed by atoms with E-state index < -0.39 is 9.84 Å². The zero-order chi connectivity index (χ0) is 21.0. The molecule has 1 atom stereocenters. The Hall–Kier alpha value is -1.87. The van der Waals surface area contributed by atoms with Gasteiger partial charge in [0.2, 0.25) is 5.91 Å². The molecule has 2 aliphatic rings. The summed E-state index contributed by atoms with van der Waals surface area (Å²) in [5.74, 6) is 0.567. The number of nitrogens with zero attached hydrogens (tertiary/aromatic N) is 2. The average molecular weight is 446 g/mol. The van der Waals surface area contributed by atoms with Gasteiger partial charge < -0.3 is 5.32 Å². The standard InChI is InChI=1S/C22H27N3O3S2/c26-22(16-24-11-13-25(14-12-24)18-10-15-30(27,28)17-18)23-20-8-4-5-9-21(20)29-19-6-2-1-3-7-19/h1-9,18H,10-17H2,(H,23,26)/t18-/m1/s1. The minimum atomic E-state index is -2.86. The van der Waals surface area contributed by atoms with Crippen LogP contribution in [0.25, 0.3) is 0 Å². The molecule has 1 amide bonds. The van der Waals surface area contributed by atoms with E-state index in [1.54, 1.807) is 11.8 Å². The minimum Gasteiger partial charge on any atom is -0.324 e. The highest BCUT2D eigenvalue weighted by atomic mass is 32.2. The normalized spacial score (nSPS) is 22.1. The molecule has 2 aromatic rings. The molecule has 6 nitrogen and oxygen atoms in total. The number of hydrogen-bond donors (Lipinski definition) is 1. The molecule has 4 rings (SSSR count). The Labute approximate surface area is 182 Å². The van der Waals surface area contributed by atoms with Crippen molar-refractivity contribution in [1.82, 2.24) is 9.80 Å². The monoisotopic (exact) mass is 445 g/mol. The summed E-state index contributed by atoms with van der Waals surface area (Å²) < 4.78 is 23.4. The van der Waals surface area contributed by atoms with Gasteiger partial charge in [-0.25, -0.2) is 8.42 Å². The number of para-hydroxylation sites is 1. The number of piperazine rings is 1. The Bertz CT molecular complexity index is 974. The highest BCUT2D eigenvalue weighted by Crippen LogP contribution is 2.33. The Morgan fingerprint density at radius 2 is 1.70 bits per heavy atom. The van der Waals surface area contributed by atoms with E-state index in [1.165, 1.54) is 0 Å². The quantitative estimate of drug-likeness (QED) is 0.737. The van der Waals surface area contributed by atoms with Crippen molar-refractivity contribution in [2.24, 2.45) is 0 Å². The van der Waals surface area contributed by atoms with Gasteiger partial charge in [-0.1, -0.05) is 42.1 Å². The van der Waals surface area contributed by atoms with Gasteiger partial charge in [0.25, 0.3) is 0 Å². The van der Waals surface area contributed by atoms with Crippen molar-refractivity contribution in [2.45, 2.75) is 22.3 Å². The first-order valence-corrected chi connectivity index (χ1v) is 12.9. The zero-order valence-corrected chi connectivity index (χ0v) is 18.5. The smallest absolute Gasteiger partial charge is 0.238 e. The molecule has 0 bridgehead atoms. The minimum absolute atomic E-state index is 0.0204. The molecule has 0 spiro atoms. The van der Waals surface area contributed by atoms with Gasteiger partial charge in [0, 0.05) is 42.0 Å². The first kappa shape index (κ1) is 21.4. The zero-order valence-electron chi connectivity index (χ0n) is 16.9. The summed E-state index contributed by atoms with van der Waals surface area (Å²) in [5.41, 5.74) is 0.825. The molecule has 0 saturated carbocycles. The third-order valence-electron chi connectivity index (χ3n) is 5.63. The van der Waals surface area contributed by atoms with Crippen molar-refractivity contribution in [3.63, 3.8) is 0 Å². The van der Waals surface area contributed by atoms with Crippen molar-refractivity contribution in [3.8, 4) is 0 Å². The second kappa shape index (κ2) is 9.51. The molecule has 1 N–H and O–H groups in total. The number of carbonyl (C=O) groups is 1. The number of anilines is 1. The summed E-state index contributed by atoms with van der Waals surface area (Å²) >= 11 is 1.63. The second-order valence-corrected chi connectivity index (χ2v) is 11.2. The summed E-state index contributed by atoms with van der Waals surface area (Å²) in [4.78, 5) is 19.2. The van der Waals surface area contributed by atoms with Crippen molar-refractivity contribution >= 4 is 33.2 Å². The SMILES string of the molecule is O=C(CN1CCN([C@@H]2CCS(=O)(=O)C2)CC1)Nc1ccccc1Sc1ccccc1. The molecule has 2 aliphatic heterocycles. The van der Waals surface area contributed by atoms with Gasteiger partial charge in [-0.3, -0.25) is 14.6 Å². The van der Waals surface area contributed by atoms with Crippen molar-refractivity contribution in [2.75, 3.05) is 49.5 Å². The Kier molecular flexibility index (Phi) is 6.77. The van der Waals surface area contributed by atoms with Crippen LogP contribution in [0.2, 0.25) is 0 Å². The topological polar surface area (TPSA) is 69.7 Å². The maximum absolute atomic E-state index is 12.7. The van der Waals surface area contributed by atoms with E-state index in [2.05, 4.69) is 27.2 Å². The molecule has 8 heteroatoms. The number of carbonyl (C=O) groups excluding carboxylic acids is 1. The van der Waals surface area contributed by atoms with Gasteiger partial charge in [-0.15, -0.1) is 0 Å². The van der Waals surface area contributed by atoms with Gasteiger partial charge in [0.15, 0.2) is 9.84 Å². The van der Waals surface area contributed by atoms with Crippen LogP contribution in [0.4, 0.5) is 5.69 Å². The van der Waals surface area contributed by atoms with E-state index in [1.807, 2.05) is 42.5 Å². The van der Waals surface area contributed by atoms with Crippen molar-refractivity contribution in [1.29, 1.82) is 0 Å². The molecule has 2 saturated heterocycles. The number of sulfone groups is 1. The summed E-state index contributed by atoms with van der Waals surface area (Å²) in [6, 6.07) is 18.1. The maximum Gasteiger partial charge on any atom is 0.238 e. The summed E-state index contributed by atoms with van der Waals surface area (Å²) in [6.07, 6.45) is 0.735. The third-order valence-corrected chi connectivity index (χ3v) is 8.47. The van der Waals surface area contributed by atoms with Gasteiger partial charge in [0.05, 0.1) is 23.7 Å². The van der Waals surface area contributed by atoms with E-state index >= 15 is 0 Å². The van der Waals surface area contributed by atoms with Crippen LogP contribution in [0.1, 0.15) is 6.42 Å².